The number of aliphatic hydroxyl groups is 1. The van der Waals surface area contributed by atoms with Crippen LogP contribution in [0.15, 0.2) is 55.0 Å². The van der Waals surface area contributed by atoms with E-state index in [1.807, 2.05) is 47.0 Å². The fourth-order valence-corrected chi connectivity index (χ4v) is 3.36. The number of hydrogen-bond donors (Lipinski definition) is 2. The summed E-state index contributed by atoms with van der Waals surface area (Å²) in [5.41, 5.74) is -0.712. The molecule has 146 valence electrons. The minimum atomic E-state index is -4.87. The number of benzene rings is 1. The first-order chi connectivity index (χ1) is 13.3. The number of alkyl halides is 3. The van der Waals surface area contributed by atoms with Gasteiger partial charge < -0.3 is 19.4 Å². The minimum absolute atomic E-state index is 0.144. The summed E-state index contributed by atoms with van der Waals surface area (Å²) in [4.78, 5) is 8.23. The van der Waals surface area contributed by atoms with Crippen LogP contribution in [-0.4, -0.2) is 36.8 Å². The molecule has 2 N–H and O–H groups in total. The van der Waals surface area contributed by atoms with Crippen molar-refractivity contribution >= 4 is 22.4 Å². The van der Waals surface area contributed by atoms with Crippen LogP contribution in [0.4, 0.5) is 19.0 Å². The lowest BCUT2D eigenvalue weighted by Gasteiger charge is -2.30. The number of halogens is 3. The van der Waals surface area contributed by atoms with Crippen molar-refractivity contribution in [2.24, 2.45) is 7.05 Å². The molecule has 1 atom stereocenters. The number of hydrogen-bond acceptors (Lipinski definition) is 4. The Bertz CT molecular complexity index is 1130. The van der Waals surface area contributed by atoms with Crippen LogP contribution in [-0.2, 0) is 12.6 Å². The van der Waals surface area contributed by atoms with Crippen molar-refractivity contribution in [1.29, 1.82) is 0 Å². The van der Waals surface area contributed by atoms with Crippen LogP contribution < -0.4 is 5.32 Å². The third-order valence-corrected chi connectivity index (χ3v) is 4.80. The Labute approximate surface area is 158 Å². The van der Waals surface area contributed by atoms with Gasteiger partial charge in [-0.3, -0.25) is 0 Å². The van der Waals surface area contributed by atoms with Gasteiger partial charge >= 0.3 is 6.18 Å². The van der Waals surface area contributed by atoms with E-state index in [0.717, 1.165) is 11.0 Å². The molecule has 0 aliphatic heterocycles. The molecule has 0 saturated heterocycles. The van der Waals surface area contributed by atoms with E-state index in [9.17, 15) is 18.3 Å². The van der Waals surface area contributed by atoms with E-state index in [-0.39, 0.29) is 6.54 Å². The van der Waals surface area contributed by atoms with E-state index in [0.29, 0.717) is 11.3 Å². The van der Waals surface area contributed by atoms with Crippen molar-refractivity contribution < 1.29 is 18.3 Å². The fourth-order valence-electron chi connectivity index (χ4n) is 3.36. The van der Waals surface area contributed by atoms with Gasteiger partial charge in [-0.15, -0.1) is 0 Å². The Morgan fingerprint density at radius 3 is 2.54 bits per heavy atom. The first kappa shape index (κ1) is 18.3. The van der Waals surface area contributed by atoms with Crippen LogP contribution in [0.25, 0.3) is 16.6 Å². The zero-order valence-electron chi connectivity index (χ0n) is 15.0. The smallest absolute Gasteiger partial charge is 0.374 e. The summed E-state index contributed by atoms with van der Waals surface area (Å²) in [7, 11) is 1.42. The molecule has 1 aromatic carbocycles. The number of aromatic nitrogens is 4. The Balaban J connectivity index is 1.63. The molecule has 0 bridgehead atoms. The predicted octanol–water partition coefficient (Wildman–Crippen LogP) is 3.47. The molecule has 0 spiro atoms. The van der Waals surface area contributed by atoms with Crippen molar-refractivity contribution in [3.63, 3.8) is 0 Å². The molecule has 3 heterocycles. The van der Waals surface area contributed by atoms with E-state index < -0.39 is 24.0 Å². The number of nitrogens with zero attached hydrogens (tertiary/aromatic N) is 4. The summed E-state index contributed by atoms with van der Waals surface area (Å²) in [6.45, 7) is -0.144. The summed E-state index contributed by atoms with van der Waals surface area (Å²) < 4.78 is 44.0. The van der Waals surface area contributed by atoms with Gasteiger partial charge in [0, 0.05) is 38.6 Å². The highest BCUT2D eigenvalue weighted by molar-refractivity contribution is 5.84. The van der Waals surface area contributed by atoms with Gasteiger partial charge in [0.2, 0.25) is 5.60 Å². The second-order valence-electron chi connectivity index (χ2n) is 6.61. The van der Waals surface area contributed by atoms with Gasteiger partial charge in [-0.05, 0) is 24.3 Å². The monoisotopic (exact) mass is 389 g/mol. The average molecular weight is 389 g/mol. The van der Waals surface area contributed by atoms with Gasteiger partial charge in [0.1, 0.15) is 5.82 Å². The third kappa shape index (κ3) is 2.88. The molecule has 0 saturated carbocycles. The molecule has 4 aromatic rings. The summed E-state index contributed by atoms with van der Waals surface area (Å²) in [5, 5.41) is 13.4. The van der Waals surface area contributed by atoms with E-state index in [1.54, 1.807) is 0 Å². The van der Waals surface area contributed by atoms with Gasteiger partial charge in [-0.2, -0.15) is 13.2 Å². The first-order valence-corrected chi connectivity index (χ1v) is 8.68. The Hall–Kier alpha value is -3.07. The second kappa shape index (κ2) is 6.52. The molecule has 4 rings (SSSR count). The minimum Gasteiger partial charge on any atom is -0.374 e. The van der Waals surface area contributed by atoms with Crippen LogP contribution in [0.3, 0.4) is 0 Å². The largest absolute Gasteiger partial charge is 0.424 e. The highest BCUT2D eigenvalue weighted by Crippen LogP contribution is 2.40. The van der Waals surface area contributed by atoms with Crippen molar-refractivity contribution in [3.8, 4) is 0 Å². The van der Waals surface area contributed by atoms with Crippen LogP contribution in [0.5, 0.6) is 0 Å². The number of aryl methyl sites for hydroxylation is 1. The van der Waals surface area contributed by atoms with Crippen molar-refractivity contribution in [2.45, 2.75) is 18.2 Å². The maximum atomic E-state index is 13.6. The maximum Gasteiger partial charge on any atom is 0.424 e. The Kier molecular flexibility index (Phi) is 4.26. The standard InChI is InChI=1S/C19H18F3N5O/c1-26-12-10-24-17(26)18(28,19(20,21)22)8-9-23-16-15-7-4-11-27(15)14-6-3-2-5-13(14)25-16/h2-7,10-12,28H,8-9H2,1H3,(H,23,25). The van der Waals surface area contributed by atoms with Crippen molar-refractivity contribution in [3.05, 3.63) is 60.8 Å². The molecule has 1 unspecified atom stereocenters. The first-order valence-electron chi connectivity index (χ1n) is 8.68. The van der Waals surface area contributed by atoms with E-state index in [1.165, 1.54) is 24.0 Å². The molecule has 3 aromatic heterocycles. The van der Waals surface area contributed by atoms with Gasteiger partial charge in [0.05, 0.1) is 16.6 Å². The van der Waals surface area contributed by atoms with Crippen LogP contribution in [0.2, 0.25) is 0 Å². The molecular weight excluding hydrogens is 371 g/mol. The number of para-hydroxylation sites is 2. The van der Waals surface area contributed by atoms with E-state index >= 15 is 0 Å². The lowest BCUT2D eigenvalue weighted by atomic mass is 9.97. The normalized spacial score (nSPS) is 14.5. The maximum absolute atomic E-state index is 13.6. The molecule has 0 aliphatic rings. The van der Waals surface area contributed by atoms with Gasteiger partial charge in [-0.1, -0.05) is 12.1 Å². The molecular formula is C19H18F3N5O. The summed E-state index contributed by atoms with van der Waals surface area (Å²) in [5.74, 6) is 0.00849. The zero-order valence-corrected chi connectivity index (χ0v) is 15.0. The molecule has 6 nitrogen and oxygen atoms in total. The average Bonchev–Trinajstić information content (AvgIpc) is 3.30. The Morgan fingerprint density at radius 2 is 1.82 bits per heavy atom. The number of fused-ring (bicyclic) bond motifs is 3. The molecule has 28 heavy (non-hydrogen) atoms. The molecule has 0 amide bonds. The summed E-state index contributed by atoms with van der Waals surface area (Å²) in [6, 6.07) is 11.2. The van der Waals surface area contributed by atoms with Gasteiger partial charge in [0.15, 0.2) is 5.82 Å². The third-order valence-electron chi connectivity index (χ3n) is 4.80. The molecule has 0 radical (unpaired) electrons. The lowest BCUT2D eigenvalue weighted by molar-refractivity contribution is -0.271. The quantitative estimate of drug-likeness (QED) is 0.549. The number of imidazole rings is 1. The van der Waals surface area contributed by atoms with Crippen molar-refractivity contribution in [1.82, 2.24) is 18.9 Å². The van der Waals surface area contributed by atoms with E-state index in [2.05, 4.69) is 15.3 Å². The SMILES string of the molecule is Cn1ccnc1C(O)(CCNc1nc2ccccc2n2cccc12)C(F)(F)F. The molecule has 0 fully saturated rings. The topological polar surface area (TPSA) is 67.4 Å². The van der Waals surface area contributed by atoms with Gasteiger partial charge in [-0.25, -0.2) is 9.97 Å². The molecule has 0 aliphatic carbocycles. The second-order valence-corrected chi connectivity index (χ2v) is 6.61. The number of nitrogens with one attached hydrogen (secondary N) is 1. The fraction of sp³-hybridized carbons (Fsp3) is 0.263. The van der Waals surface area contributed by atoms with Crippen LogP contribution >= 0.6 is 0 Å². The zero-order chi connectivity index (χ0) is 19.9. The van der Waals surface area contributed by atoms with Crippen LogP contribution in [0.1, 0.15) is 12.2 Å². The van der Waals surface area contributed by atoms with E-state index in [4.69, 9.17) is 0 Å². The molecule has 9 heteroatoms. The lowest BCUT2D eigenvalue weighted by Crippen LogP contribution is -2.45. The highest BCUT2D eigenvalue weighted by atomic mass is 19.4. The van der Waals surface area contributed by atoms with Crippen LogP contribution in [0, 0.1) is 0 Å². The number of rotatable bonds is 5. The van der Waals surface area contributed by atoms with Crippen molar-refractivity contribution in [2.75, 3.05) is 11.9 Å². The highest BCUT2D eigenvalue weighted by Gasteiger charge is 2.57. The van der Waals surface area contributed by atoms with Gasteiger partial charge in [0.25, 0.3) is 0 Å². The summed E-state index contributed by atoms with van der Waals surface area (Å²) >= 11 is 0. The predicted molar refractivity (Wildman–Crippen MR) is 99.0 cm³/mol. The Morgan fingerprint density at radius 1 is 1.07 bits per heavy atom. The number of anilines is 1. The summed E-state index contributed by atoms with van der Waals surface area (Å²) in [6.07, 6.45) is -1.01.